The summed E-state index contributed by atoms with van der Waals surface area (Å²) in [5.74, 6) is 0. The predicted molar refractivity (Wildman–Crippen MR) is 68.1 cm³/mol. The molecule has 0 radical (unpaired) electrons. The Morgan fingerprint density at radius 2 is 2.00 bits per heavy atom. The summed E-state index contributed by atoms with van der Waals surface area (Å²) in [5.41, 5.74) is 3.34. The summed E-state index contributed by atoms with van der Waals surface area (Å²) < 4.78 is 3.41. The van der Waals surface area contributed by atoms with Crippen molar-refractivity contribution < 1.29 is 0 Å². The van der Waals surface area contributed by atoms with Gasteiger partial charge in [-0.15, -0.1) is 0 Å². The van der Waals surface area contributed by atoms with E-state index in [9.17, 15) is 4.79 Å². The van der Waals surface area contributed by atoms with Crippen LogP contribution in [0.2, 0.25) is 0 Å². The summed E-state index contributed by atoms with van der Waals surface area (Å²) in [4.78, 5) is 11.8. The number of hydrogen-bond donors (Lipinski definition) is 1. The Morgan fingerprint density at radius 3 is 2.71 bits per heavy atom. The van der Waals surface area contributed by atoms with Crippen molar-refractivity contribution in [3.05, 3.63) is 34.2 Å². The lowest BCUT2D eigenvalue weighted by atomic mass is 10.0. The van der Waals surface area contributed by atoms with Crippen LogP contribution in [0.4, 0.5) is 0 Å². The van der Waals surface area contributed by atoms with Crippen LogP contribution in [0.15, 0.2) is 23.0 Å². The number of nitrogens with zero attached hydrogens (tertiary/aromatic N) is 2. The van der Waals surface area contributed by atoms with Crippen molar-refractivity contribution in [3.63, 3.8) is 0 Å². The molecule has 2 aromatic rings. The van der Waals surface area contributed by atoms with E-state index in [1.807, 2.05) is 20.2 Å². The smallest absolute Gasteiger partial charge is 0.310 e. The van der Waals surface area contributed by atoms with Gasteiger partial charge in [0.05, 0.1) is 11.0 Å². The fourth-order valence-corrected chi connectivity index (χ4v) is 2.71. The third-order valence-electron chi connectivity index (χ3n) is 3.76. The SMILES string of the molecule is Cn1c(=O)n(C)c2cc(C3CCCN3)ccc21. The van der Waals surface area contributed by atoms with Crippen molar-refractivity contribution in [3.8, 4) is 0 Å². The molecule has 0 saturated carbocycles. The molecule has 17 heavy (non-hydrogen) atoms. The van der Waals surface area contributed by atoms with Crippen molar-refractivity contribution in [2.24, 2.45) is 14.1 Å². The molecule has 90 valence electrons. The average Bonchev–Trinajstić information content (AvgIpc) is 2.94. The van der Waals surface area contributed by atoms with E-state index < -0.39 is 0 Å². The van der Waals surface area contributed by atoms with Crippen LogP contribution in [0, 0.1) is 0 Å². The first-order chi connectivity index (χ1) is 8.18. The number of fused-ring (bicyclic) bond motifs is 1. The third kappa shape index (κ3) is 1.52. The standard InChI is InChI=1S/C13H17N3O/c1-15-11-6-5-9(10-4-3-7-14-10)8-12(11)16(2)13(15)17/h5-6,8,10,14H,3-4,7H2,1-2H3. The molecule has 4 heteroatoms. The van der Waals surface area contributed by atoms with E-state index >= 15 is 0 Å². The molecule has 1 N–H and O–H groups in total. The number of benzene rings is 1. The van der Waals surface area contributed by atoms with E-state index in [0.717, 1.165) is 17.6 Å². The molecule has 1 aromatic carbocycles. The molecule has 0 spiro atoms. The number of aryl methyl sites for hydroxylation is 2. The van der Waals surface area contributed by atoms with Crippen LogP contribution in [0.5, 0.6) is 0 Å². The second kappa shape index (κ2) is 3.74. The fourth-order valence-electron chi connectivity index (χ4n) is 2.71. The quantitative estimate of drug-likeness (QED) is 0.803. The maximum atomic E-state index is 11.8. The highest BCUT2D eigenvalue weighted by Gasteiger charge is 2.17. The first-order valence-corrected chi connectivity index (χ1v) is 6.07. The molecular weight excluding hydrogens is 214 g/mol. The van der Waals surface area contributed by atoms with Crippen LogP contribution >= 0.6 is 0 Å². The number of imidazole rings is 1. The van der Waals surface area contributed by atoms with Gasteiger partial charge in [-0.25, -0.2) is 4.79 Å². The Labute approximate surface area is 99.9 Å². The maximum Gasteiger partial charge on any atom is 0.328 e. The van der Waals surface area contributed by atoms with Crippen molar-refractivity contribution >= 4 is 11.0 Å². The van der Waals surface area contributed by atoms with Crippen LogP contribution in [0.1, 0.15) is 24.4 Å². The van der Waals surface area contributed by atoms with Gasteiger partial charge in [0.25, 0.3) is 0 Å². The van der Waals surface area contributed by atoms with Crippen molar-refractivity contribution in [2.75, 3.05) is 6.54 Å². The summed E-state index contributed by atoms with van der Waals surface area (Å²) >= 11 is 0. The van der Waals surface area contributed by atoms with Crippen molar-refractivity contribution in [1.29, 1.82) is 0 Å². The lowest BCUT2D eigenvalue weighted by Crippen LogP contribution is -2.19. The zero-order valence-electron chi connectivity index (χ0n) is 10.2. The predicted octanol–water partition coefficient (Wildman–Crippen LogP) is 1.30. The van der Waals surface area contributed by atoms with Gasteiger partial charge in [-0.05, 0) is 37.1 Å². The third-order valence-corrected chi connectivity index (χ3v) is 3.76. The van der Waals surface area contributed by atoms with Gasteiger partial charge in [0.2, 0.25) is 0 Å². The van der Waals surface area contributed by atoms with E-state index in [4.69, 9.17) is 0 Å². The molecule has 4 nitrogen and oxygen atoms in total. The fraction of sp³-hybridized carbons (Fsp3) is 0.462. The Hall–Kier alpha value is -1.55. The second-order valence-electron chi connectivity index (χ2n) is 4.80. The molecule has 0 aliphatic carbocycles. The van der Waals surface area contributed by atoms with Gasteiger partial charge in [0.1, 0.15) is 0 Å². The van der Waals surface area contributed by atoms with Crippen LogP contribution in [0.3, 0.4) is 0 Å². The largest absolute Gasteiger partial charge is 0.328 e. The highest BCUT2D eigenvalue weighted by atomic mass is 16.1. The van der Waals surface area contributed by atoms with Crippen molar-refractivity contribution in [1.82, 2.24) is 14.5 Å². The molecule has 1 aromatic heterocycles. The van der Waals surface area contributed by atoms with E-state index in [-0.39, 0.29) is 5.69 Å². The molecule has 1 unspecified atom stereocenters. The average molecular weight is 231 g/mol. The van der Waals surface area contributed by atoms with E-state index in [2.05, 4.69) is 17.4 Å². The monoisotopic (exact) mass is 231 g/mol. The number of rotatable bonds is 1. The van der Waals surface area contributed by atoms with Gasteiger partial charge in [-0.1, -0.05) is 6.07 Å². The van der Waals surface area contributed by atoms with Crippen LogP contribution in [-0.2, 0) is 14.1 Å². The first kappa shape index (κ1) is 10.6. The molecule has 1 saturated heterocycles. The van der Waals surface area contributed by atoms with E-state index in [0.29, 0.717) is 6.04 Å². The van der Waals surface area contributed by atoms with Gasteiger partial charge < -0.3 is 5.32 Å². The van der Waals surface area contributed by atoms with Crippen LogP contribution in [0.25, 0.3) is 11.0 Å². The van der Waals surface area contributed by atoms with Gasteiger partial charge in [0.15, 0.2) is 0 Å². The highest BCUT2D eigenvalue weighted by Crippen LogP contribution is 2.25. The maximum absolute atomic E-state index is 11.8. The van der Waals surface area contributed by atoms with Crippen LogP contribution in [-0.4, -0.2) is 15.7 Å². The van der Waals surface area contributed by atoms with Gasteiger partial charge >= 0.3 is 5.69 Å². The molecule has 1 fully saturated rings. The summed E-state index contributed by atoms with van der Waals surface area (Å²) in [7, 11) is 3.65. The highest BCUT2D eigenvalue weighted by molar-refractivity contribution is 5.77. The number of aromatic nitrogens is 2. The summed E-state index contributed by atoms with van der Waals surface area (Å²) in [6, 6.07) is 6.77. The molecule has 1 aliphatic rings. The lowest BCUT2D eigenvalue weighted by molar-refractivity contribution is 0.648. The zero-order valence-corrected chi connectivity index (χ0v) is 10.2. The minimum absolute atomic E-state index is 0.0385. The van der Waals surface area contributed by atoms with E-state index in [1.165, 1.54) is 18.4 Å². The molecular formula is C13H17N3O. The molecule has 0 amide bonds. The Balaban J connectivity index is 2.18. The Morgan fingerprint density at radius 1 is 1.24 bits per heavy atom. The number of nitrogens with one attached hydrogen (secondary N) is 1. The summed E-state index contributed by atoms with van der Waals surface area (Å²) in [6.45, 7) is 1.09. The van der Waals surface area contributed by atoms with Crippen molar-refractivity contribution in [2.45, 2.75) is 18.9 Å². The first-order valence-electron chi connectivity index (χ1n) is 6.07. The van der Waals surface area contributed by atoms with E-state index in [1.54, 1.807) is 9.13 Å². The zero-order chi connectivity index (χ0) is 12.0. The minimum atomic E-state index is 0.0385. The normalized spacial score (nSPS) is 20.2. The summed E-state index contributed by atoms with van der Waals surface area (Å²) in [6.07, 6.45) is 2.42. The lowest BCUT2D eigenvalue weighted by Gasteiger charge is -2.10. The summed E-state index contributed by atoms with van der Waals surface area (Å²) in [5, 5.41) is 3.48. The second-order valence-corrected chi connectivity index (χ2v) is 4.80. The molecule has 3 rings (SSSR count). The molecule has 2 heterocycles. The number of hydrogen-bond acceptors (Lipinski definition) is 2. The Kier molecular flexibility index (Phi) is 2.33. The van der Waals surface area contributed by atoms with Crippen LogP contribution < -0.4 is 11.0 Å². The van der Waals surface area contributed by atoms with Gasteiger partial charge in [-0.2, -0.15) is 0 Å². The molecule has 1 aliphatic heterocycles. The molecule has 0 bridgehead atoms. The van der Waals surface area contributed by atoms with Gasteiger partial charge in [-0.3, -0.25) is 9.13 Å². The molecule has 1 atom stereocenters. The van der Waals surface area contributed by atoms with Gasteiger partial charge in [0, 0.05) is 20.1 Å². The minimum Gasteiger partial charge on any atom is -0.310 e. The topological polar surface area (TPSA) is 39.0 Å². The Bertz CT molecular complexity index is 617.